The minimum atomic E-state index is 0.718. The van der Waals surface area contributed by atoms with Crippen molar-refractivity contribution in [2.45, 2.75) is 25.2 Å². The van der Waals surface area contributed by atoms with Gasteiger partial charge in [0.2, 0.25) is 0 Å². The smallest absolute Gasteiger partial charge is 0.116 e. The van der Waals surface area contributed by atoms with Gasteiger partial charge >= 0.3 is 0 Å². The monoisotopic (exact) mass is 256 g/mol. The van der Waals surface area contributed by atoms with Crippen LogP contribution in [0.5, 0.6) is 0 Å². The largest absolute Gasteiger partial charge is 0.399 e. The van der Waals surface area contributed by atoms with E-state index in [-0.39, 0.29) is 0 Å². The molecule has 0 atom stereocenters. The highest BCUT2D eigenvalue weighted by Crippen LogP contribution is 2.36. The van der Waals surface area contributed by atoms with E-state index >= 15 is 0 Å². The maximum atomic E-state index is 5.75. The summed E-state index contributed by atoms with van der Waals surface area (Å²) in [4.78, 5) is 4.67. The summed E-state index contributed by atoms with van der Waals surface area (Å²) in [5, 5.41) is 3.28. The number of hydrogen-bond acceptors (Lipinski definition) is 3. The molecule has 1 aliphatic rings. The highest BCUT2D eigenvalue weighted by atomic mass is 32.1. The Hall–Kier alpha value is -1.61. The zero-order chi connectivity index (χ0) is 12.4. The molecular formula is C15H16N2S. The van der Waals surface area contributed by atoms with Gasteiger partial charge in [-0.1, -0.05) is 24.6 Å². The van der Waals surface area contributed by atoms with Gasteiger partial charge in [0.05, 0.1) is 5.69 Å². The highest BCUT2D eigenvalue weighted by Gasteiger charge is 2.21. The molecule has 0 saturated heterocycles. The zero-order valence-corrected chi connectivity index (χ0v) is 11.0. The molecule has 0 bridgehead atoms. The lowest BCUT2D eigenvalue weighted by Crippen LogP contribution is -2.08. The van der Waals surface area contributed by atoms with Crippen molar-refractivity contribution in [1.29, 1.82) is 0 Å². The Bertz CT molecular complexity index is 567. The van der Waals surface area contributed by atoms with Crippen LogP contribution in [0.2, 0.25) is 0 Å². The molecule has 18 heavy (non-hydrogen) atoms. The van der Waals surface area contributed by atoms with E-state index in [1.807, 2.05) is 24.3 Å². The SMILES string of the molecule is Nc1cccc(/C=C/c2nc(C3CCC3)cs2)c1. The topological polar surface area (TPSA) is 38.9 Å². The first-order valence-electron chi connectivity index (χ1n) is 6.30. The number of rotatable bonds is 3. The molecule has 0 radical (unpaired) electrons. The van der Waals surface area contributed by atoms with Crippen LogP contribution < -0.4 is 5.73 Å². The van der Waals surface area contributed by atoms with E-state index in [9.17, 15) is 0 Å². The second-order valence-corrected chi connectivity index (χ2v) is 5.63. The molecular weight excluding hydrogens is 240 g/mol. The van der Waals surface area contributed by atoms with Crippen LogP contribution in [0.4, 0.5) is 5.69 Å². The van der Waals surface area contributed by atoms with Gasteiger partial charge in [0.1, 0.15) is 5.01 Å². The van der Waals surface area contributed by atoms with Gasteiger partial charge in [-0.25, -0.2) is 4.98 Å². The molecule has 0 aliphatic heterocycles. The molecule has 1 aromatic carbocycles. The summed E-state index contributed by atoms with van der Waals surface area (Å²) in [6.07, 6.45) is 8.11. The molecule has 0 amide bonds. The third-order valence-corrected chi connectivity index (χ3v) is 4.22. The molecule has 1 heterocycles. The number of nitrogens with two attached hydrogens (primary N) is 1. The van der Waals surface area contributed by atoms with Crippen molar-refractivity contribution in [2.75, 3.05) is 5.73 Å². The zero-order valence-electron chi connectivity index (χ0n) is 10.2. The molecule has 1 aromatic heterocycles. The fourth-order valence-corrected chi connectivity index (χ4v) is 2.89. The van der Waals surface area contributed by atoms with E-state index in [0.29, 0.717) is 0 Å². The predicted molar refractivity (Wildman–Crippen MR) is 78.5 cm³/mol. The summed E-state index contributed by atoms with van der Waals surface area (Å²) in [6.45, 7) is 0. The molecule has 1 saturated carbocycles. The van der Waals surface area contributed by atoms with Crippen molar-refractivity contribution >= 4 is 29.2 Å². The maximum absolute atomic E-state index is 5.75. The van der Waals surface area contributed by atoms with E-state index in [4.69, 9.17) is 5.73 Å². The highest BCUT2D eigenvalue weighted by molar-refractivity contribution is 7.10. The van der Waals surface area contributed by atoms with Gasteiger partial charge in [0.25, 0.3) is 0 Å². The average molecular weight is 256 g/mol. The van der Waals surface area contributed by atoms with Gasteiger partial charge < -0.3 is 5.73 Å². The molecule has 0 spiro atoms. The molecule has 3 heteroatoms. The number of anilines is 1. The van der Waals surface area contributed by atoms with Crippen LogP contribution in [0.25, 0.3) is 12.2 Å². The molecule has 92 valence electrons. The van der Waals surface area contributed by atoms with Crippen molar-refractivity contribution in [3.63, 3.8) is 0 Å². The van der Waals surface area contributed by atoms with Crippen LogP contribution in [-0.2, 0) is 0 Å². The summed E-state index contributed by atoms with van der Waals surface area (Å²) >= 11 is 1.72. The minimum Gasteiger partial charge on any atom is -0.399 e. The molecule has 3 rings (SSSR count). The molecule has 2 aromatic rings. The molecule has 2 nitrogen and oxygen atoms in total. The summed E-state index contributed by atoms with van der Waals surface area (Å²) in [6, 6.07) is 7.89. The van der Waals surface area contributed by atoms with E-state index in [1.54, 1.807) is 11.3 Å². The first kappa shape index (κ1) is 11.5. The lowest BCUT2D eigenvalue weighted by atomic mass is 9.83. The third-order valence-electron chi connectivity index (χ3n) is 3.39. The number of nitrogen functional groups attached to an aromatic ring is 1. The van der Waals surface area contributed by atoms with Gasteiger partial charge in [-0.05, 0) is 36.6 Å². The Balaban J connectivity index is 1.73. The van der Waals surface area contributed by atoms with Gasteiger partial charge in [0.15, 0.2) is 0 Å². The van der Waals surface area contributed by atoms with Crippen LogP contribution in [0.1, 0.15) is 41.4 Å². The first-order valence-corrected chi connectivity index (χ1v) is 7.18. The Labute approximate surface area is 111 Å². The summed E-state index contributed by atoms with van der Waals surface area (Å²) in [7, 11) is 0. The summed E-state index contributed by atoms with van der Waals surface area (Å²) in [5.74, 6) is 0.718. The van der Waals surface area contributed by atoms with Crippen LogP contribution in [0.15, 0.2) is 29.6 Å². The van der Waals surface area contributed by atoms with E-state index < -0.39 is 0 Å². The predicted octanol–water partition coefficient (Wildman–Crippen LogP) is 4.16. The molecule has 0 unspecified atom stereocenters. The Morgan fingerprint density at radius 3 is 2.89 bits per heavy atom. The maximum Gasteiger partial charge on any atom is 0.116 e. The van der Waals surface area contributed by atoms with Crippen LogP contribution in [0, 0.1) is 0 Å². The Morgan fingerprint density at radius 2 is 2.17 bits per heavy atom. The minimum absolute atomic E-state index is 0.718. The van der Waals surface area contributed by atoms with Crippen molar-refractivity contribution in [2.24, 2.45) is 0 Å². The van der Waals surface area contributed by atoms with Gasteiger partial charge in [-0.3, -0.25) is 0 Å². The summed E-state index contributed by atoms with van der Waals surface area (Å²) < 4.78 is 0. The van der Waals surface area contributed by atoms with Crippen LogP contribution >= 0.6 is 11.3 Å². The molecule has 1 aliphatic carbocycles. The number of aromatic nitrogens is 1. The third kappa shape index (κ3) is 2.46. The fourth-order valence-electron chi connectivity index (χ4n) is 2.10. The second kappa shape index (κ2) is 4.94. The molecule has 2 N–H and O–H groups in total. The normalized spacial score (nSPS) is 16.0. The van der Waals surface area contributed by atoms with E-state index in [0.717, 1.165) is 22.2 Å². The Kier molecular flexibility index (Phi) is 3.15. The van der Waals surface area contributed by atoms with E-state index in [1.165, 1.54) is 25.0 Å². The average Bonchev–Trinajstić information content (AvgIpc) is 2.73. The number of benzene rings is 1. The van der Waals surface area contributed by atoms with Gasteiger partial charge in [0, 0.05) is 17.0 Å². The quantitative estimate of drug-likeness (QED) is 0.837. The van der Waals surface area contributed by atoms with Crippen LogP contribution in [-0.4, -0.2) is 4.98 Å². The van der Waals surface area contributed by atoms with Crippen LogP contribution in [0.3, 0.4) is 0 Å². The van der Waals surface area contributed by atoms with E-state index in [2.05, 4.69) is 22.5 Å². The number of thiazole rings is 1. The van der Waals surface area contributed by atoms with Gasteiger partial charge in [-0.2, -0.15) is 0 Å². The first-order chi connectivity index (χ1) is 8.81. The van der Waals surface area contributed by atoms with Crippen molar-refractivity contribution in [3.05, 3.63) is 45.9 Å². The standard InChI is InChI=1S/C15H16N2S/c16-13-6-1-3-11(9-13)7-8-15-17-14(10-18-15)12-4-2-5-12/h1,3,6-10,12H,2,4-5,16H2/b8-7+. The summed E-state index contributed by atoms with van der Waals surface area (Å²) in [5.41, 5.74) is 8.94. The van der Waals surface area contributed by atoms with Crippen molar-refractivity contribution in [1.82, 2.24) is 4.98 Å². The van der Waals surface area contributed by atoms with Crippen molar-refractivity contribution < 1.29 is 0 Å². The fraction of sp³-hybridized carbons (Fsp3) is 0.267. The van der Waals surface area contributed by atoms with Crippen molar-refractivity contribution in [3.8, 4) is 0 Å². The Morgan fingerprint density at radius 1 is 1.28 bits per heavy atom. The number of nitrogens with zero attached hydrogens (tertiary/aromatic N) is 1. The lowest BCUT2D eigenvalue weighted by Gasteiger charge is -2.22. The lowest BCUT2D eigenvalue weighted by molar-refractivity contribution is 0.412. The second-order valence-electron chi connectivity index (χ2n) is 4.74. The van der Waals surface area contributed by atoms with Gasteiger partial charge in [-0.15, -0.1) is 11.3 Å². The number of hydrogen-bond donors (Lipinski definition) is 1. The molecule has 1 fully saturated rings.